The smallest absolute Gasteiger partial charge is 0.119 e. The second-order valence-corrected chi connectivity index (χ2v) is 6.25. The summed E-state index contributed by atoms with van der Waals surface area (Å²) in [5.74, 6) is 0.923. The van der Waals surface area contributed by atoms with E-state index in [1.54, 1.807) is 0 Å². The lowest BCUT2D eigenvalue weighted by Gasteiger charge is -2.34. The first-order valence-corrected chi connectivity index (χ1v) is 8.34. The van der Waals surface area contributed by atoms with Gasteiger partial charge in [0.25, 0.3) is 0 Å². The van der Waals surface area contributed by atoms with Gasteiger partial charge < -0.3 is 10.5 Å². The Balaban J connectivity index is 1.76. The molecule has 1 aliphatic rings. The Bertz CT molecular complexity index is 447. The van der Waals surface area contributed by atoms with Crippen LogP contribution in [0.15, 0.2) is 24.3 Å². The number of benzene rings is 1. The molecule has 0 aromatic heterocycles. The van der Waals surface area contributed by atoms with Crippen LogP contribution < -0.4 is 10.5 Å². The lowest BCUT2D eigenvalue weighted by molar-refractivity contribution is 0.120. The van der Waals surface area contributed by atoms with Crippen molar-refractivity contribution < 1.29 is 4.74 Å². The van der Waals surface area contributed by atoms with Crippen LogP contribution in [0.3, 0.4) is 0 Å². The van der Waals surface area contributed by atoms with E-state index in [0.717, 1.165) is 30.5 Å². The molecule has 2 N–H and O–H groups in total. The second-order valence-electron chi connectivity index (χ2n) is 5.73. The van der Waals surface area contributed by atoms with Crippen molar-refractivity contribution in [2.24, 2.45) is 5.73 Å². The Hall–Kier alpha value is -1.13. The lowest BCUT2D eigenvalue weighted by Crippen LogP contribution is -2.41. The number of nitrogens with zero attached hydrogens (tertiary/aromatic N) is 1. The van der Waals surface area contributed by atoms with Crippen molar-refractivity contribution in [2.75, 3.05) is 19.7 Å². The predicted octanol–water partition coefficient (Wildman–Crippen LogP) is 3.16. The number of ether oxygens (including phenoxy) is 1. The monoisotopic (exact) mass is 306 g/mol. The fraction of sp³-hybridized carbons (Fsp3) is 0.588. The number of thiocarbonyl (C=S) groups is 1. The van der Waals surface area contributed by atoms with E-state index in [1.165, 1.54) is 32.2 Å². The number of hydrogen-bond donors (Lipinski definition) is 1. The fourth-order valence-corrected chi connectivity index (χ4v) is 3.17. The fourth-order valence-electron chi connectivity index (χ4n) is 3.00. The van der Waals surface area contributed by atoms with Crippen LogP contribution in [-0.4, -0.2) is 35.6 Å². The summed E-state index contributed by atoms with van der Waals surface area (Å²) < 4.78 is 5.86. The number of likely N-dealkylation sites (tertiary alicyclic amines) is 1. The van der Waals surface area contributed by atoms with Gasteiger partial charge in [-0.1, -0.05) is 37.7 Å². The lowest BCUT2D eigenvalue weighted by atomic mass is 10.0. The SMILES string of the molecule is CCC1CCCCN1CCOc1ccc(CC(N)=S)cc1. The molecule has 0 bridgehead atoms. The van der Waals surface area contributed by atoms with E-state index in [9.17, 15) is 0 Å². The Morgan fingerprint density at radius 3 is 2.76 bits per heavy atom. The molecule has 1 aromatic rings. The normalized spacial score (nSPS) is 19.4. The largest absolute Gasteiger partial charge is 0.492 e. The summed E-state index contributed by atoms with van der Waals surface area (Å²) in [6.45, 7) is 5.28. The van der Waals surface area contributed by atoms with E-state index in [4.69, 9.17) is 22.7 Å². The topological polar surface area (TPSA) is 38.5 Å². The van der Waals surface area contributed by atoms with E-state index < -0.39 is 0 Å². The maximum Gasteiger partial charge on any atom is 0.119 e. The Morgan fingerprint density at radius 1 is 1.33 bits per heavy atom. The highest BCUT2D eigenvalue weighted by Crippen LogP contribution is 2.19. The number of nitrogens with two attached hydrogens (primary N) is 1. The maximum atomic E-state index is 5.86. The summed E-state index contributed by atoms with van der Waals surface area (Å²) in [5.41, 5.74) is 6.68. The highest BCUT2D eigenvalue weighted by atomic mass is 32.1. The summed E-state index contributed by atoms with van der Waals surface area (Å²) in [6, 6.07) is 8.81. The third kappa shape index (κ3) is 5.29. The van der Waals surface area contributed by atoms with Gasteiger partial charge in [-0.2, -0.15) is 0 Å². The predicted molar refractivity (Wildman–Crippen MR) is 91.9 cm³/mol. The number of piperidine rings is 1. The average molecular weight is 306 g/mol. The van der Waals surface area contributed by atoms with Crippen LogP contribution in [0.4, 0.5) is 0 Å². The maximum absolute atomic E-state index is 5.86. The molecule has 1 atom stereocenters. The highest BCUT2D eigenvalue weighted by molar-refractivity contribution is 7.80. The van der Waals surface area contributed by atoms with Gasteiger partial charge >= 0.3 is 0 Å². The summed E-state index contributed by atoms with van der Waals surface area (Å²) in [6.07, 6.45) is 5.93. The summed E-state index contributed by atoms with van der Waals surface area (Å²) >= 11 is 4.92. The molecule has 116 valence electrons. The van der Waals surface area contributed by atoms with Crippen molar-refractivity contribution in [1.29, 1.82) is 0 Å². The summed E-state index contributed by atoms with van der Waals surface area (Å²) in [4.78, 5) is 3.10. The molecule has 0 spiro atoms. The minimum absolute atomic E-state index is 0.527. The molecule has 0 amide bonds. The van der Waals surface area contributed by atoms with E-state index in [-0.39, 0.29) is 0 Å². The van der Waals surface area contributed by atoms with Gasteiger partial charge in [-0.05, 0) is 43.5 Å². The van der Waals surface area contributed by atoms with Crippen molar-refractivity contribution in [1.82, 2.24) is 4.90 Å². The summed E-state index contributed by atoms with van der Waals surface area (Å²) in [5, 5.41) is 0. The van der Waals surface area contributed by atoms with Gasteiger partial charge in [0, 0.05) is 19.0 Å². The van der Waals surface area contributed by atoms with Crippen LogP contribution in [0.5, 0.6) is 5.75 Å². The van der Waals surface area contributed by atoms with E-state index in [2.05, 4.69) is 11.8 Å². The molecule has 21 heavy (non-hydrogen) atoms. The summed E-state index contributed by atoms with van der Waals surface area (Å²) in [7, 11) is 0. The van der Waals surface area contributed by atoms with Gasteiger partial charge in [0.15, 0.2) is 0 Å². The zero-order chi connectivity index (χ0) is 15.1. The van der Waals surface area contributed by atoms with E-state index in [1.807, 2.05) is 24.3 Å². The van der Waals surface area contributed by atoms with Crippen LogP contribution in [0.25, 0.3) is 0 Å². The minimum Gasteiger partial charge on any atom is -0.492 e. The van der Waals surface area contributed by atoms with Gasteiger partial charge in [0.05, 0.1) is 4.99 Å². The standard InChI is InChI=1S/C17H26N2OS/c1-2-15-5-3-4-10-19(15)11-12-20-16-8-6-14(7-9-16)13-17(18)21/h6-9,15H,2-5,10-13H2,1H3,(H2,18,21). The second kappa shape index (κ2) is 8.35. The molecule has 1 heterocycles. The van der Waals surface area contributed by atoms with Crippen LogP contribution in [-0.2, 0) is 6.42 Å². The first kappa shape index (κ1) is 16.2. The molecule has 1 aromatic carbocycles. The molecule has 1 aliphatic heterocycles. The Kier molecular flexibility index (Phi) is 6.46. The molecule has 1 fully saturated rings. The van der Waals surface area contributed by atoms with Crippen molar-refractivity contribution in [3.63, 3.8) is 0 Å². The zero-order valence-electron chi connectivity index (χ0n) is 12.9. The molecule has 4 heteroatoms. The van der Waals surface area contributed by atoms with Gasteiger partial charge in [0.2, 0.25) is 0 Å². The Morgan fingerprint density at radius 2 is 2.10 bits per heavy atom. The molecule has 0 aliphatic carbocycles. The van der Waals surface area contributed by atoms with E-state index in [0.29, 0.717) is 11.4 Å². The number of rotatable bonds is 7. The molecule has 0 saturated carbocycles. The third-order valence-corrected chi connectivity index (χ3v) is 4.31. The molecule has 1 unspecified atom stereocenters. The Labute approximate surface area is 133 Å². The third-order valence-electron chi connectivity index (χ3n) is 4.17. The average Bonchev–Trinajstić information content (AvgIpc) is 2.49. The van der Waals surface area contributed by atoms with E-state index >= 15 is 0 Å². The molecule has 1 saturated heterocycles. The molecular weight excluding hydrogens is 280 g/mol. The van der Waals surface area contributed by atoms with Crippen molar-refractivity contribution in [3.8, 4) is 5.75 Å². The van der Waals surface area contributed by atoms with Crippen LogP contribution >= 0.6 is 12.2 Å². The first-order chi connectivity index (χ1) is 10.2. The zero-order valence-corrected chi connectivity index (χ0v) is 13.7. The molecule has 0 radical (unpaired) electrons. The number of hydrogen-bond acceptors (Lipinski definition) is 3. The van der Waals surface area contributed by atoms with Crippen molar-refractivity contribution >= 4 is 17.2 Å². The first-order valence-electron chi connectivity index (χ1n) is 7.93. The van der Waals surface area contributed by atoms with Crippen LogP contribution in [0, 0.1) is 0 Å². The van der Waals surface area contributed by atoms with Gasteiger partial charge in [-0.25, -0.2) is 0 Å². The van der Waals surface area contributed by atoms with Gasteiger partial charge in [-0.15, -0.1) is 0 Å². The van der Waals surface area contributed by atoms with Crippen LogP contribution in [0.1, 0.15) is 38.2 Å². The molecule has 2 rings (SSSR count). The quantitative estimate of drug-likeness (QED) is 0.785. The molecule has 3 nitrogen and oxygen atoms in total. The molecular formula is C17H26N2OS. The minimum atomic E-state index is 0.527. The highest BCUT2D eigenvalue weighted by Gasteiger charge is 2.20. The van der Waals surface area contributed by atoms with Crippen LogP contribution in [0.2, 0.25) is 0 Å². The van der Waals surface area contributed by atoms with Gasteiger partial charge in [-0.3, -0.25) is 4.90 Å². The van der Waals surface area contributed by atoms with Gasteiger partial charge in [0.1, 0.15) is 12.4 Å². The van der Waals surface area contributed by atoms with Crippen molar-refractivity contribution in [2.45, 2.75) is 45.1 Å². The van der Waals surface area contributed by atoms with Crippen molar-refractivity contribution in [3.05, 3.63) is 29.8 Å².